The second-order valence-corrected chi connectivity index (χ2v) is 4.31. The summed E-state index contributed by atoms with van der Waals surface area (Å²) in [5.41, 5.74) is 6.54. The standard InChI is InChI=1S/C10H12N2OS/c1-3-7-4-5-8(14-7)9-6(2)10(11)12-13-9/h4-5H,3H2,1-2H3,(H2,11,12). The van der Waals surface area contributed by atoms with Crippen LogP contribution < -0.4 is 5.73 Å². The fourth-order valence-electron chi connectivity index (χ4n) is 1.27. The Hall–Kier alpha value is -1.29. The average Bonchev–Trinajstić information content (AvgIpc) is 2.75. The van der Waals surface area contributed by atoms with Crippen molar-refractivity contribution in [2.45, 2.75) is 20.3 Å². The Kier molecular flexibility index (Phi) is 2.29. The third-order valence-electron chi connectivity index (χ3n) is 2.19. The molecule has 74 valence electrons. The summed E-state index contributed by atoms with van der Waals surface area (Å²) in [7, 11) is 0. The summed E-state index contributed by atoms with van der Waals surface area (Å²) < 4.78 is 5.17. The predicted octanol–water partition coefficient (Wildman–Crippen LogP) is 2.86. The zero-order valence-corrected chi connectivity index (χ0v) is 9.02. The first-order valence-electron chi connectivity index (χ1n) is 4.53. The first kappa shape index (κ1) is 9.27. The van der Waals surface area contributed by atoms with E-state index in [9.17, 15) is 0 Å². The number of nitrogens with two attached hydrogens (primary N) is 1. The molecule has 2 rings (SSSR count). The number of hydrogen-bond acceptors (Lipinski definition) is 4. The van der Waals surface area contributed by atoms with Crippen LogP contribution in [0.5, 0.6) is 0 Å². The molecular weight excluding hydrogens is 196 g/mol. The van der Waals surface area contributed by atoms with Gasteiger partial charge in [-0.1, -0.05) is 12.1 Å². The van der Waals surface area contributed by atoms with Gasteiger partial charge in [-0.25, -0.2) is 0 Å². The third kappa shape index (κ3) is 1.42. The monoisotopic (exact) mass is 208 g/mol. The molecule has 0 saturated carbocycles. The van der Waals surface area contributed by atoms with Crippen LogP contribution in [0.1, 0.15) is 17.4 Å². The quantitative estimate of drug-likeness (QED) is 0.825. The van der Waals surface area contributed by atoms with Gasteiger partial charge >= 0.3 is 0 Å². The number of rotatable bonds is 2. The van der Waals surface area contributed by atoms with Crippen LogP contribution in [0.15, 0.2) is 16.7 Å². The molecule has 14 heavy (non-hydrogen) atoms. The predicted molar refractivity (Wildman–Crippen MR) is 58.3 cm³/mol. The number of aryl methyl sites for hydroxylation is 1. The highest BCUT2D eigenvalue weighted by Crippen LogP contribution is 2.32. The van der Waals surface area contributed by atoms with Crippen molar-refractivity contribution < 1.29 is 4.52 Å². The van der Waals surface area contributed by atoms with Crippen molar-refractivity contribution in [1.29, 1.82) is 0 Å². The SMILES string of the molecule is CCc1ccc(-c2onc(N)c2C)s1. The molecular formula is C10H12N2OS. The highest BCUT2D eigenvalue weighted by Gasteiger charge is 2.12. The Morgan fingerprint density at radius 1 is 1.50 bits per heavy atom. The zero-order chi connectivity index (χ0) is 10.1. The van der Waals surface area contributed by atoms with Gasteiger partial charge in [0.1, 0.15) is 0 Å². The van der Waals surface area contributed by atoms with E-state index >= 15 is 0 Å². The number of nitrogen functional groups attached to an aromatic ring is 1. The molecule has 3 nitrogen and oxygen atoms in total. The molecule has 0 saturated heterocycles. The first-order valence-corrected chi connectivity index (χ1v) is 5.35. The van der Waals surface area contributed by atoms with Crippen molar-refractivity contribution >= 4 is 17.2 Å². The van der Waals surface area contributed by atoms with Crippen LogP contribution in [0.4, 0.5) is 5.82 Å². The van der Waals surface area contributed by atoms with E-state index in [0.717, 1.165) is 22.6 Å². The minimum Gasteiger partial charge on any atom is -0.381 e. The van der Waals surface area contributed by atoms with E-state index in [4.69, 9.17) is 10.3 Å². The van der Waals surface area contributed by atoms with Crippen LogP contribution in [-0.4, -0.2) is 5.16 Å². The second-order valence-electron chi connectivity index (χ2n) is 3.14. The molecule has 0 bridgehead atoms. The fourth-order valence-corrected chi connectivity index (χ4v) is 2.25. The Labute approximate surface area is 86.5 Å². The molecule has 0 spiro atoms. The molecule has 0 atom stereocenters. The van der Waals surface area contributed by atoms with Gasteiger partial charge in [0.2, 0.25) is 0 Å². The molecule has 2 heterocycles. The van der Waals surface area contributed by atoms with Gasteiger partial charge in [0, 0.05) is 10.4 Å². The van der Waals surface area contributed by atoms with Gasteiger partial charge in [0.05, 0.1) is 4.88 Å². The molecule has 0 fully saturated rings. The van der Waals surface area contributed by atoms with Crippen LogP contribution in [0.25, 0.3) is 10.6 Å². The van der Waals surface area contributed by atoms with E-state index in [1.165, 1.54) is 4.88 Å². The first-order chi connectivity index (χ1) is 6.72. The van der Waals surface area contributed by atoms with Crippen LogP contribution >= 0.6 is 11.3 Å². The maximum Gasteiger partial charge on any atom is 0.181 e. The van der Waals surface area contributed by atoms with Crippen LogP contribution in [0.3, 0.4) is 0 Å². The average molecular weight is 208 g/mol. The van der Waals surface area contributed by atoms with Gasteiger partial charge in [-0.15, -0.1) is 11.3 Å². The van der Waals surface area contributed by atoms with Crippen molar-refractivity contribution in [2.75, 3.05) is 5.73 Å². The fraction of sp³-hybridized carbons (Fsp3) is 0.300. The molecule has 0 unspecified atom stereocenters. The molecule has 0 aliphatic rings. The minimum atomic E-state index is 0.478. The lowest BCUT2D eigenvalue weighted by Gasteiger charge is -1.90. The highest BCUT2D eigenvalue weighted by molar-refractivity contribution is 7.15. The van der Waals surface area contributed by atoms with E-state index < -0.39 is 0 Å². The van der Waals surface area contributed by atoms with Gasteiger partial charge in [0.15, 0.2) is 11.6 Å². The van der Waals surface area contributed by atoms with Crippen molar-refractivity contribution in [1.82, 2.24) is 5.16 Å². The third-order valence-corrected chi connectivity index (χ3v) is 3.42. The van der Waals surface area contributed by atoms with Gasteiger partial charge < -0.3 is 10.3 Å². The number of nitrogens with zero attached hydrogens (tertiary/aromatic N) is 1. The lowest BCUT2D eigenvalue weighted by atomic mass is 10.2. The van der Waals surface area contributed by atoms with Crippen molar-refractivity contribution in [2.24, 2.45) is 0 Å². The minimum absolute atomic E-state index is 0.478. The maximum atomic E-state index is 5.62. The van der Waals surface area contributed by atoms with Crippen LogP contribution in [0, 0.1) is 6.92 Å². The van der Waals surface area contributed by atoms with E-state index in [2.05, 4.69) is 24.2 Å². The molecule has 0 radical (unpaired) electrons. The molecule has 0 aliphatic heterocycles. The summed E-state index contributed by atoms with van der Waals surface area (Å²) in [6, 6.07) is 4.16. The topological polar surface area (TPSA) is 52.0 Å². The van der Waals surface area contributed by atoms with E-state index in [0.29, 0.717) is 5.82 Å². The van der Waals surface area contributed by atoms with Crippen molar-refractivity contribution in [3.8, 4) is 10.6 Å². The van der Waals surface area contributed by atoms with E-state index in [1.54, 1.807) is 11.3 Å². The van der Waals surface area contributed by atoms with Gasteiger partial charge in [-0.05, 0) is 25.5 Å². The normalized spacial score (nSPS) is 10.7. The number of thiophene rings is 1. The molecule has 2 aromatic heterocycles. The number of anilines is 1. The Morgan fingerprint density at radius 3 is 2.79 bits per heavy atom. The summed E-state index contributed by atoms with van der Waals surface area (Å²) in [4.78, 5) is 2.44. The lowest BCUT2D eigenvalue weighted by Crippen LogP contribution is -1.85. The second kappa shape index (κ2) is 3.46. The smallest absolute Gasteiger partial charge is 0.181 e. The Balaban J connectivity index is 2.44. The Morgan fingerprint density at radius 2 is 2.29 bits per heavy atom. The van der Waals surface area contributed by atoms with Crippen LogP contribution in [-0.2, 0) is 6.42 Å². The number of hydrogen-bond donors (Lipinski definition) is 1. The summed E-state index contributed by atoms with van der Waals surface area (Å²) in [5, 5.41) is 3.74. The molecule has 4 heteroatoms. The van der Waals surface area contributed by atoms with Gasteiger partial charge in [-0.3, -0.25) is 0 Å². The molecule has 2 aromatic rings. The van der Waals surface area contributed by atoms with Crippen LogP contribution in [0.2, 0.25) is 0 Å². The van der Waals surface area contributed by atoms with Gasteiger partial charge in [-0.2, -0.15) is 0 Å². The number of aromatic nitrogens is 1. The molecule has 0 aliphatic carbocycles. The van der Waals surface area contributed by atoms with E-state index in [1.807, 2.05) is 6.92 Å². The molecule has 0 amide bonds. The zero-order valence-electron chi connectivity index (χ0n) is 8.20. The summed E-state index contributed by atoms with van der Waals surface area (Å²) in [5.74, 6) is 1.28. The van der Waals surface area contributed by atoms with E-state index in [-0.39, 0.29) is 0 Å². The van der Waals surface area contributed by atoms with Crippen molar-refractivity contribution in [3.05, 3.63) is 22.6 Å². The molecule has 2 N–H and O–H groups in total. The highest BCUT2D eigenvalue weighted by atomic mass is 32.1. The summed E-state index contributed by atoms with van der Waals surface area (Å²) in [6.07, 6.45) is 1.05. The van der Waals surface area contributed by atoms with Crippen molar-refractivity contribution in [3.63, 3.8) is 0 Å². The summed E-state index contributed by atoms with van der Waals surface area (Å²) in [6.45, 7) is 4.06. The van der Waals surface area contributed by atoms with Gasteiger partial charge in [0.25, 0.3) is 0 Å². The lowest BCUT2D eigenvalue weighted by molar-refractivity contribution is 0.436. The molecule has 0 aromatic carbocycles. The summed E-state index contributed by atoms with van der Waals surface area (Å²) >= 11 is 1.72. The largest absolute Gasteiger partial charge is 0.381 e. The Bertz CT molecular complexity index is 445. The maximum absolute atomic E-state index is 5.62.